The summed E-state index contributed by atoms with van der Waals surface area (Å²) < 4.78 is 5.40. The van der Waals surface area contributed by atoms with Gasteiger partial charge in [-0.05, 0) is 19.3 Å². The topological polar surface area (TPSA) is 92.5 Å². The Labute approximate surface area is 166 Å². The molecule has 27 heavy (non-hydrogen) atoms. The zero-order valence-electron chi connectivity index (χ0n) is 17.7. The van der Waals surface area contributed by atoms with Crippen LogP contribution in [-0.2, 0) is 14.3 Å². The summed E-state index contributed by atoms with van der Waals surface area (Å²) in [5.74, 6) is -1.95. The molecule has 5 nitrogen and oxygen atoms in total. The van der Waals surface area contributed by atoms with Crippen LogP contribution in [0, 0.1) is 0 Å². The molecule has 0 aliphatic heterocycles. The van der Waals surface area contributed by atoms with E-state index in [-0.39, 0.29) is 6.10 Å². The Morgan fingerprint density at radius 3 is 1.70 bits per heavy atom. The SMILES string of the molecule is CCCCCCCCCCCCCCC(CCC)OC(=O)[C@@H](N)CC(=O)[O-]. The Kier molecular flexibility index (Phi) is 17.5. The van der Waals surface area contributed by atoms with E-state index in [0.29, 0.717) is 0 Å². The highest BCUT2D eigenvalue weighted by atomic mass is 16.5. The Morgan fingerprint density at radius 1 is 0.778 bits per heavy atom. The van der Waals surface area contributed by atoms with Gasteiger partial charge in [-0.3, -0.25) is 4.79 Å². The molecule has 1 unspecified atom stereocenters. The van der Waals surface area contributed by atoms with Crippen LogP contribution in [0.1, 0.15) is 117 Å². The van der Waals surface area contributed by atoms with E-state index in [0.717, 1.165) is 32.1 Å². The quantitative estimate of drug-likeness (QED) is 0.265. The molecule has 2 atom stereocenters. The van der Waals surface area contributed by atoms with Crippen molar-refractivity contribution in [3.05, 3.63) is 0 Å². The van der Waals surface area contributed by atoms with Crippen LogP contribution in [0.4, 0.5) is 0 Å². The third-order valence-electron chi connectivity index (χ3n) is 4.96. The summed E-state index contributed by atoms with van der Waals surface area (Å²) in [6.45, 7) is 4.30. The molecule has 0 aromatic rings. The maximum atomic E-state index is 11.8. The van der Waals surface area contributed by atoms with Gasteiger partial charge in [0.15, 0.2) is 0 Å². The molecule has 0 bridgehead atoms. The predicted octanol–water partition coefficient (Wildman–Crippen LogP) is 4.26. The van der Waals surface area contributed by atoms with Gasteiger partial charge in [0, 0.05) is 12.4 Å². The van der Waals surface area contributed by atoms with Crippen LogP contribution in [0.2, 0.25) is 0 Å². The van der Waals surface area contributed by atoms with Crippen molar-refractivity contribution in [3.8, 4) is 0 Å². The summed E-state index contributed by atoms with van der Waals surface area (Å²) in [4.78, 5) is 22.4. The molecule has 0 saturated carbocycles. The Balaban J connectivity index is 3.70. The molecule has 0 radical (unpaired) electrons. The van der Waals surface area contributed by atoms with Crippen LogP contribution >= 0.6 is 0 Å². The molecule has 0 amide bonds. The lowest BCUT2D eigenvalue weighted by Crippen LogP contribution is -2.40. The van der Waals surface area contributed by atoms with Gasteiger partial charge in [0.2, 0.25) is 0 Å². The number of hydrogen-bond acceptors (Lipinski definition) is 5. The third kappa shape index (κ3) is 16.8. The number of hydrogen-bond donors (Lipinski definition) is 1. The molecule has 0 fully saturated rings. The number of aliphatic carboxylic acids is 1. The van der Waals surface area contributed by atoms with Crippen LogP contribution in [0.3, 0.4) is 0 Å². The maximum Gasteiger partial charge on any atom is 0.323 e. The second-order valence-corrected chi connectivity index (χ2v) is 7.71. The lowest BCUT2D eigenvalue weighted by molar-refractivity contribution is -0.306. The van der Waals surface area contributed by atoms with Crippen LogP contribution in [0.5, 0.6) is 0 Å². The number of carboxylic acids is 1. The summed E-state index contributed by atoms with van der Waals surface area (Å²) in [5.41, 5.74) is 5.54. The highest BCUT2D eigenvalue weighted by Gasteiger charge is 2.19. The van der Waals surface area contributed by atoms with Crippen molar-refractivity contribution in [2.24, 2.45) is 5.73 Å². The van der Waals surface area contributed by atoms with E-state index in [9.17, 15) is 14.7 Å². The molecule has 0 spiro atoms. The van der Waals surface area contributed by atoms with Gasteiger partial charge in [-0.15, -0.1) is 0 Å². The first-order valence-electron chi connectivity index (χ1n) is 11.2. The van der Waals surface area contributed by atoms with E-state index in [1.807, 2.05) is 6.92 Å². The average molecular weight is 385 g/mol. The summed E-state index contributed by atoms with van der Waals surface area (Å²) in [5, 5.41) is 10.5. The molecular weight excluding hydrogens is 342 g/mol. The van der Waals surface area contributed by atoms with E-state index in [1.165, 1.54) is 64.2 Å². The van der Waals surface area contributed by atoms with Gasteiger partial charge in [-0.25, -0.2) is 0 Å². The van der Waals surface area contributed by atoms with Crippen molar-refractivity contribution in [1.29, 1.82) is 0 Å². The minimum Gasteiger partial charge on any atom is -0.550 e. The van der Waals surface area contributed by atoms with Crippen LogP contribution in [0.25, 0.3) is 0 Å². The smallest absolute Gasteiger partial charge is 0.323 e. The summed E-state index contributed by atoms with van der Waals surface area (Å²) >= 11 is 0. The number of carbonyl (C=O) groups is 2. The second-order valence-electron chi connectivity index (χ2n) is 7.71. The van der Waals surface area contributed by atoms with Crippen LogP contribution in [-0.4, -0.2) is 24.1 Å². The van der Waals surface area contributed by atoms with Crippen molar-refractivity contribution < 1.29 is 19.4 Å². The Hall–Kier alpha value is -1.10. The second kappa shape index (κ2) is 18.3. The first kappa shape index (κ1) is 25.9. The molecule has 0 rings (SSSR count). The Bertz CT molecular complexity index is 373. The average Bonchev–Trinajstić information content (AvgIpc) is 2.62. The molecule has 0 aliphatic carbocycles. The van der Waals surface area contributed by atoms with Gasteiger partial charge in [0.05, 0.1) is 0 Å². The molecule has 0 saturated heterocycles. The first-order chi connectivity index (χ1) is 13.0. The van der Waals surface area contributed by atoms with Crippen molar-refractivity contribution >= 4 is 11.9 Å². The van der Waals surface area contributed by atoms with Crippen molar-refractivity contribution in [2.75, 3.05) is 0 Å². The summed E-state index contributed by atoms with van der Waals surface area (Å²) in [7, 11) is 0. The molecule has 0 aliphatic rings. The number of carboxylic acid groups (broad SMARTS) is 1. The number of unbranched alkanes of at least 4 members (excludes halogenated alkanes) is 11. The largest absolute Gasteiger partial charge is 0.550 e. The third-order valence-corrected chi connectivity index (χ3v) is 4.96. The number of esters is 1. The van der Waals surface area contributed by atoms with E-state index in [1.54, 1.807) is 0 Å². The number of ether oxygens (including phenoxy) is 1. The highest BCUT2D eigenvalue weighted by Crippen LogP contribution is 2.16. The minimum absolute atomic E-state index is 0.154. The highest BCUT2D eigenvalue weighted by molar-refractivity contribution is 5.81. The molecular formula is C22H42NO4-. The number of nitrogens with two attached hydrogens (primary N) is 1. The van der Waals surface area contributed by atoms with Gasteiger partial charge in [-0.1, -0.05) is 90.9 Å². The standard InChI is InChI=1S/C22H43NO4/c1-3-5-6-7-8-9-10-11-12-13-14-15-17-19(16-4-2)27-22(26)20(23)18-21(24)25/h19-20H,3-18,23H2,1-2H3,(H,24,25)/p-1/t19?,20-/m0/s1. The first-order valence-corrected chi connectivity index (χ1v) is 11.2. The zero-order chi connectivity index (χ0) is 20.3. The Morgan fingerprint density at radius 2 is 1.26 bits per heavy atom. The molecule has 0 aromatic heterocycles. The summed E-state index contributed by atoms with van der Waals surface area (Å²) in [6, 6.07) is -1.13. The molecule has 2 N–H and O–H groups in total. The summed E-state index contributed by atoms with van der Waals surface area (Å²) in [6.07, 6.45) is 17.5. The fourth-order valence-electron chi connectivity index (χ4n) is 3.31. The fourth-order valence-corrected chi connectivity index (χ4v) is 3.31. The minimum atomic E-state index is -1.33. The van der Waals surface area contributed by atoms with Crippen molar-refractivity contribution in [1.82, 2.24) is 0 Å². The van der Waals surface area contributed by atoms with Crippen molar-refractivity contribution in [2.45, 2.75) is 129 Å². The van der Waals surface area contributed by atoms with Gasteiger partial charge in [0.1, 0.15) is 12.1 Å². The van der Waals surface area contributed by atoms with Gasteiger partial charge in [0.25, 0.3) is 0 Å². The molecule has 0 heterocycles. The monoisotopic (exact) mass is 384 g/mol. The van der Waals surface area contributed by atoms with E-state index in [2.05, 4.69) is 6.92 Å². The predicted molar refractivity (Wildman–Crippen MR) is 108 cm³/mol. The van der Waals surface area contributed by atoms with Crippen molar-refractivity contribution in [3.63, 3.8) is 0 Å². The lowest BCUT2D eigenvalue weighted by atomic mass is 10.0. The lowest BCUT2D eigenvalue weighted by Gasteiger charge is -2.20. The van der Waals surface area contributed by atoms with Crippen LogP contribution in [0.15, 0.2) is 0 Å². The number of carbonyl (C=O) groups excluding carboxylic acids is 2. The zero-order valence-corrected chi connectivity index (χ0v) is 17.7. The van der Waals surface area contributed by atoms with E-state index >= 15 is 0 Å². The van der Waals surface area contributed by atoms with Crippen LogP contribution < -0.4 is 10.8 Å². The molecule has 160 valence electrons. The molecule has 5 heteroatoms. The fraction of sp³-hybridized carbons (Fsp3) is 0.909. The van der Waals surface area contributed by atoms with Gasteiger partial charge >= 0.3 is 5.97 Å². The van der Waals surface area contributed by atoms with E-state index < -0.39 is 24.4 Å². The van der Waals surface area contributed by atoms with Gasteiger partial charge in [-0.2, -0.15) is 0 Å². The molecule has 0 aromatic carbocycles. The number of rotatable bonds is 19. The normalized spacial score (nSPS) is 13.3. The maximum absolute atomic E-state index is 11.8. The van der Waals surface area contributed by atoms with Gasteiger partial charge < -0.3 is 20.4 Å². The van der Waals surface area contributed by atoms with E-state index in [4.69, 9.17) is 10.5 Å².